The van der Waals surface area contributed by atoms with Crippen molar-refractivity contribution in [3.8, 4) is 0 Å². The molecule has 0 saturated carbocycles. The zero-order chi connectivity index (χ0) is 17.2. The molecule has 162 valence electrons. The lowest BCUT2D eigenvalue weighted by molar-refractivity contribution is -0.00000591. The molecule has 0 unspecified atom stereocenters. The van der Waals surface area contributed by atoms with Crippen LogP contribution in [0.15, 0.2) is 12.2 Å². The highest BCUT2D eigenvalue weighted by Gasteiger charge is 2.20. The lowest BCUT2D eigenvalue weighted by Crippen LogP contribution is -3.00. The maximum absolute atomic E-state index is 2.52. The molecule has 0 amide bonds. The first-order valence-electron chi connectivity index (χ1n) is 10.6. The lowest BCUT2D eigenvalue weighted by atomic mass is 10.1. The molecule has 0 rings (SSSR count). The molecule has 0 fully saturated rings. The Hall–Kier alpha value is 1.09. The summed E-state index contributed by atoms with van der Waals surface area (Å²) >= 11 is 0. The van der Waals surface area contributed by atoms with Gasteiger partial charge in [-0.15, -0.1) is 17.0 Å². The molecule has 0 bridgehead atoms. The molecule has 0 spiro atoms. The van der Waals surface area contributed by atoms with Gasteiger partial charge in [-0.25, -0.2) is 0 Å². The molecule has 0 radical (unpaired) electrons. The first kappa shape index (κ1) is 34.6. The van der Waals surface area contributed by atoms with Crippen LogP contribution in [0.25, 0.3) is 0 Å². The minimum atomic E-state index is -0.521. The molecule has 0 heterocycles. The number of rotatable bonds is 17. The molecule has 26 heavy (non-hydrogen) atoms. The molecule has 0 aliphatic carbocycles. The minimum Gasteiger partial charge on any atom is -1.00 e. The van der Waals surface area contributed by atoms with E-state index in [0.29, 0.717) is 0 Å². The van der Waals surface area contributed by atoms with Crippen molar-refractivity contribution in [1.29, 1.82) is 0 Å². The van der Waals surface area contributed by atoms with E-state index < -0.39 is 7.26 Å². The molecule has 0 aromatic carbocycles. The first-order valence-corrected chi connectivity index (χ1v) is 13.6. The molecule has 0 aliphatic rings. The van der Waals surface area contributed by atoms with Crippen molar-refractivity contribution in [2.45, 2.75) is 104 Å². The summed E-state index contributed by atoms with van der Waals surface area (Å²) in [6.07, 6.45) is 27.6. The second kappa shape index (κ2) is 26.1. The molecule has 3 N–H and O–H groups in total. The Balaban J connectivity index is -0.000000807. The van der Waals surface area contributed by atoms with Crippen LogP contribution in [0.3, 0.4) is 0 Å². The fraction of sp³-hybridized carbons (Fsp3) is 0.909. The maximum atomic E-state index is 2.52. The van der Waals surface area contributed by atoms with Gasteiger partial charge in [0.2, 0.25) is 0 Å². The Kier molecular flexibility index (Phi) is 34.7. The van der Waals surface area contributed by atoms with Crippen LogP contribution in [0.4, 0.5) is 0 Å². The number of unbranched alkanes of at least 4 members (excludes halogenated alkanes) is 12. The van der Waals surface area contributed by atoms with Crippen LogP contribution in [0.1, 0.15) is 104 Å². The smallest absolute Gasteiger partial charge is 0.0588 e. The van der Waals surface area contributed by atoms with Crippen LogP contribution in [-0.4, -0.2) is 25.7 Å². The summed E-state index contributed by atoms with van der Waals surface area (Å²) in [5.74, 6) is 0. The zero-order valence-electron chi connectivity index (χ0n) is 18.4. The van der Waals surface area contributed by atoms with Gasteiger partial charge in [-0.3, -0.25) is 0 Å². The molecule has 0 aliphatic heterocycles. The summed E-state index contributed by atoms with van der Waals surface area (Å²) in [5.41, 5.74) is 0. The van der Waals surface area contributed by atoms with Gasteiger partial charge in [-0.05, 0) is 45.4 Å². The van der Waals surface area contributed by atoms with Gasteiger partial charge in [0.1, 0.15) is 0 Å². The van der Waals surface area contributed by atoms with Crippen LogP contribution >= 0.6 is 24.2 Å². The summed E-state index contributed by atoms with van der Waals surface area (Å²) in [6, 6.07) is 0. The van der Waals surface area contributed by atoms with Gasteiger partial charge in [-0.2, -0.15) is 0 Å². The Morgan fingerprint density at radius 2 is 1.00 bits per heavy atom. The van der Waals surface area contributed by atoms with E-state index in [0.717, 1.165) is 0 Å². The van der Waals surface area contributed by atoms with Crippen molar-refractivity contribution in [1.82, 2.24) is 6.15 Å². The van der Waals surface area contributed by atoms with Gasteiger partial charge in [0.25, 0.3) is 0 Å². The van der Waals surface area contributed by atoms with Gasteiger partial charge in [0.05, 0.1) is 12.3 Å². The van der Waals surface area contributed by atoms with E-state index in [1.165, 1.54) is 102 Å². The summed E-state index contributed by atoms with van der Waals surface area (Å²) in [6.45, 7) is 9.69. The van der Waals surface area contributed by atoms with Crippen LogP contribution < -0.4 is 23.1 Å². The molecule has 0 aromatic rings. The molecule has 4 heteroatoms. The highest BCUT2D eigenvalue weighted by Crippen LogP contribution is 2.51. The van der Waals surface area contributed by atoms with Crippen LogP contribution in [-0.2, 0) is 0 Å². The second-order valence-corrected chi connectivity index (χ2v) is 12.9. The van der Waals surface area contributed by atoms with Crippen molar-refractivity contribution in [2.75, 3.05) is 25.7 Å². The normalized spacial score (nSPS) is 10.9. The zero-order valence-corrected chi connectivity index (χ0v) is 22.6. The van der Waals surface area contributed by atoms with E-state index in [4.69, 9.17) is 0 Å². The van der Waals surface area contributed by atoms with E-state index in [1.54, 1.807) is 0 Å². The molecular formula is C22H50Br2NP. The number of hydrogen-bond acceptors (Lipinski definition) is 1. The van der Waals surface area contributed by atoms with E-state index in [9.17, 15) is 0 Å². The standard InChI is InChI=1S/C22H46P.2BrH.H3N/c1-5-7-8-9-10-11-12-13-14-15-16-17-18-19-20-21-22-23(3,4)6-2;;;/h13-14H,5-12,15-22H2,1-4H3;2*1H;1H3/q+1;;;/p-1/b14-13-;;;. The van der Waals surface area contributed by atoms with Crippen molar-refractivity contribution in [3.63, 3.8) is 0 Å². The average Bonchev–Trinajstić information content (AvgIpc) is 2.54. The highest BCUT2D eigenvalue weighted by atomic mass is 79.9. The van der Waals surface area contributed by atoms with Crippen molar-refractivity contribution < 1.29 is 17.0 Å². The largest absolute Gasteiger partial charge is 1.00 e. The highest BCUT2D eigenvalue weighted by molar-refractivity contribution is 8.93. The third-order valence-corrected chi connectivity index (χ3v) is 8.37. The van der Waals surface area contributed by atoms with Gasteiger partial charge in [-0.1, -0.05) is 70.4 Å². The summed E-state index contributed by atoms with van der Waals surface area (Å²) in [7, 11) is -0.521. The minimum absolute atomic E-state index is 0. The van der Waals surface area contributed by atoms with Gasteiger partial charge >= 0.3 is 0 Å². The van der Waals surface area contributed by atoms with Gasteiger partial charge in [0.15, 0.2) is 0 Å². The average molecular weight is 519 g/mol. The lowest BCUT2D eigenvalue weighted by Gasteiger charge is -2.15. The Morgan fingerprint density at radius 3 is 1.42 bits per heavy atom. The predicted molar refractivity (Wildman–Crippen MR) is 129 cm³/mol. The first-order chi connectivity index (χ1) is 11.1. The number of hydrogen-bond donors (Lipinski definition) is 1. The summed E-state index contributed by atoms with van der Waals surface area (Å²) in [4.78, 5) is 0. The quantitative estimate of drug-likeness (QED) is 0.141. The molecular weight excluding hydrogens is 469 g/mol. The second-order valence-electron chi connectivity index (χ2n) is 7.91. The van der Waals surface area contributed by atoms with Crippen LogP contribution in [0.2, 0.25) is 0 Å². The van der Waals surface area contributed by atoms with E-state index in [2.05, 4.69) is 39.3 Å². The van der Waals surface area contributed by atoms with E-state index in [-0.39, 0.29) is 40.1 Å². The summed E-state index contributed by atoms with van der Waals surface area (Å²) < 4.78 is 0. The number of halogens is 2. The van der Waals surface area contributed by atoms with Gasteiger partial charge in [0, 0.05) is 20.6 Å². The van der Waals surface area contributed by atoms with Gasteiger partial charge < -0.3 is 23.1 Å². The fourth-order valence-electron chi connectivity index (χ4n) is 2.95. The summed E-state index contributed by atoms with van der Waals surface area (Å²) in [5, 5.41) is 0. The monoisotopic (exact) mass is 517 g/mol. The topological polar surface area (TPSA) is 35.0 Å². The molecule has 0 saturated heterocycles. The van der Waals surface area contributed by atoms with Crippen molar-refractivity contribution >= 4 is 24.2 Å². The van der Waals surface area contributed by atoms with E-state index >= 15 is 0 Å². The maximum Gasteiger partial charge on any atom is 0.0588 e. The van der Waals surface area contributed by atoms with Crippen LogP contribution in [0.5, 0.6) is 0 Å². The predicted octanol–water partition coefficient (Wildman–Crippen LogP) is 6.06. The fourth-order valence-corrected chi connectivity index (χ4v) is 4.34. The third-order valence-electron chi connectivity index (χ3n) is 5.13. The Labute approximate surface area is 188 Å². The van der Waals surface area contributed by atoms with Crippen molar-refractivity contribution in [2.24, 2.45) is 0 Å². The van der Waals surface area contributed by atoms with Crippen LogP contribution in [0, 0.1) is 0 Å². The van der Waals surface area contributed by atoms with Crippen molar-refractivity contribution in [3.05, 3.63) is 12.2 Å². The SMILES string of the molecule is Br.CCCCCCCC/C=C\CCCCCCCC[P+](C)(C)CC.N.[Br-]. The molecule has 0 atom stereocenters. The Bertz CT molecular complexity index is 271. The number of allylic oxidation sites excluding steroid dienone is 2. The molecule has 0 aromatic heterocycles. The third kappa shape index (κ3) is 27.3. The van der Waals surface area contributed by atoms with E-state index in [1.807, 2.05) is 0 Å². The molecule has 1 nitrogen and oxygen atoms in total. The Morgan fingerprint density at radius 1 is 0.615 bits per heavy atom.